The Morgan fingerprint density at radius 1 is 0.941 bits per heavy atom. The molecule has 1 heterocycles. The molecule has 0 unspecified atom stereocenters. The third kappa shape index (κ3) is 5.71. The highest BCUT2D eigenvalue weighted by Gasteiger charge is 2.47. The minimum Gasteiger partial charge on any atom is -0.454 e. The van der Waals surface area contributed by atoms with Crippen LogP contribution in [0.15, 0.2) is 24.3 Å². The van der Waals surface area contributed by atoms with Crippen molar-refractivity contribution in [2.24, 2.45) is 5.92 Å². The molecule has 0 radical (unpaired) electrons. The molecule has 1 atom stereocenters. The second kappa shape index (κ2) is 11.7. The van der Waals surface area contributed by atoms with Crippen molar-refractivity contribution in [3.8, 4) is 0 Å². The molecule has 1 N–H and O–H groups in total. The van der Waals surface area contributed by atoms with Crippen molar-refractivity contribution in [3.05, 3.63) is 55.2 Å². The number of anilines is 1. The molecule has 0 fully saturated rings. The molecule has 0 spiro atoms. The number of fused-ring (bicyclic) bond motifs is 1. The molecule has 2 aromatic carbocycles. The number of ether oxygens (including phenoxy) is 1. The van der Waals surface area contributed by atoms with Gasteiger partial charge in [0.25, 0.3) is 17.7 Å². The minimum atomic E-state index is -1.12. The highest BCUT2D eigenvalue weighted by Crippen LogP contribution is 2.38. The van der Waals surface area contributed by atoms with E-state index in [9.17, 15) is 19.2 Å². The van der Waals surface area contributed by atoms with Gasteiger partial charge in [0, 0.05) is 20.0 Å². The third-order valence-corrected chi connectivity index (χ3v) is 12.6. The second-order valence-electron chi connectivity index (χ2n) is 8.10. The van der Waals surface area contributed by atoms with E-state index in [4.69, 9.17) is 4.74 Å². The van der Waals surface area contributed by atoms with E-state index in [1.165, 1.54) is 0 Å². The van der Waals surface area contributed by atoms with Gasteiger partial charge in [-0.05, 0) is 121 Å². The first-order valence-electron chi connectivity index (χ1n) is 10.2. The van der Waals surface area contributed by atoms with Gasteiger partial charge in [-0.15, -0.1) is 0 Å². The van der Waals surface area contributed by atoms with Crippen LogP contribution in [0.3, 0.4) is 0 Å². The number of benzene rings is 2. The molecule has 11 heteroatoms. The lowest BCUT2D eigenvalue weighted by atomic mass is 10.0. The molecular formula is C23H20I4N2O5. The fraction of sp³-hybridized carbons (Fsp3) is 0.304. The van der Waals surface area contributed by atoms with E-state index in [0.29, 0.717) is 24.0 Å². The van der Waals surface area contributed by atoms with E-state index in [1.54, 1.807) is 12.1 Å². The summed E-state index contributed by atoms with van der Waals surface area (Å²) in [5, 5.41) is 2.71. The first-order valence-corrected chi connectivity index (χ1v) is 14.5. The Morgan fingerprint density at radius 2 is 1.47 bits per heavy atom. The van der Waals surface area contributed by atoms with Crippen molar-refractivity contribution in [1.29, 1.82) is 0 Å². The zero-order valence-corrected chi connectivity index (χ0v) is 27.0. The van der Waals surface area contributed by atoms with Gasteiger partial charge in [0.2, 0.25) is 0 Å². The van der Waals surface area contributed by atoms with Crippen molar-refractivity contribution in [2.75, 3.05) is 11.9 Å². The predicted octanol–water partition coefficient (Wildman–Crippen LogP) is 5.61. The molecule has 180 valence electrons. The van der Waals surface area contributed by atoms with Crippen molar-refractivity contribution in [2.45, 2.75) is 33.2 Å². The number of carbonyl (C=O) groups excluding carboxylic acids is 4. The van der Waals surface area contributed by atoms with Crippen LogP contribution in [-0.4, -0.2) is 41.2 Å². The summed E-state index contributed by atoms with van der Waals surface area (Å²) in [6.45, 7) is 5.12. The Bertz CT molecular complexity index is 1150. The summed E-state index contributed by atoms with van der Waals surface area (Å²) in [7, 11) is 0. The molecule has 1 aliphatic heterocycles. The van der Waals surface area contributed by atoms with Crippen LogP contribution < -0.4 is 5.32 Å². The largest absolute Gasteiger partial charge is 0.454 e. The molecular weight excluding hydrogens is 892 g/mol. The Hall–Kier alpha value is -0.560. The van der Waals surface area contributed by atoms with Crippen LogP contribution in [0, 0.1) is 27.1 Å². The number of hydrogen-bond acceptors (Lipinski definition) is 5. The number of nitrogens with zero attached hydrogens (tertiary/aromatic N) is 1. The lowest BCUT2D eigenvalue weighted by Crippen LogP contribution is -2.47. The van der Waals surface area contributed by atoms with Crippen LogP contribution in [0.2, 0.25) is 0 Å². The summed E-state index contributed by atoms with van der Waals surface area (Å²) in [6.07, 6.45) is 0.227. The van der Waals surface area contributed by atoms with Crippen LogP contribution in [0.4, 0.5) is 5.69 Å². The number of amides is 3. The zero-order chi connectivity index (χ0) is 25.3. The van der Waals surface area contributed by atoms with Gasteiger partial charge in [-0.2, -0.15) is 0 Å². The summed E-state index contributed by atoms with van der Waals surface area (Å²) in [5.74, 6) is -2.30. The molecule has 0 aromatic heterocycles. The number of esters is 1. The summed E-state index contributed by atoms with van der Waals surface area (Å²) in [6, 6.07) is 6.13. The number of aryl methyl sites for hydroxylation is 1. The van der Waals surface area contributed by atoms with Gasteiger partial charge in [0.05, 0.1) is 11.1 Å². The SMILES string of the molecule is Cc1ccccc1NC(=O)COC(=O)[C@H](CC(C)C)N1C(=O)c2c(I)c(I)c(I)c(I)c2C1=O. The number of rotatable bonds is 7. The average Bonchev–Trinajstić information content (AvgIpc) is 3.04. The van der Waals surface area contributed by atoms with E-state index in [0.717, 1.165) is 17.6 Å². The highest BCUT2D eigenvalue weighted by molar-refractivity contribution is 14.1. The van der Waals surface area contributed by atoms with Crippen molar-refractivity contribution in [3.63, 3.8) is 0 Å². The van der Waals surface area contributed by atoms with Gasteiger partial charge < -0.3 is 10.1 Å². The Kier molecular flexibility index (Phi) is 9.61. The Morgan fingerprint density at radius 3 is 1.97 bits per heavy atom. The van der Waals surface area contributed by atoms with Crippen LogP contribution in [0.25, 0.3) is 0 Å². The Balaban J connectivity index is 1.83. The molecule has 0 aliphatic carbocycles. The van der Waals surface area contributed by atoms with E-state index in [1.807, 2.05) is 32.9 Å². The lowest BCUT2D eigenvalue weighted by molar-refractivity contribution is -0.151. The maximum absolute atomic E-state index is 13.4. The van der Waals surface area contributed by atoms with Gasteiger partial charge in [0.1, 0.15) is 6.04 Å². The van der Waals surface area contributed by atoms with Gasteiger partial charge >= 0.3 is 5.97 Å². The minimum absolute atomic E-state index is 0.000994. The monoisotopic (exact) mass is 912 g/mol. The molecule has 7 nitrogen and oxygen atoms in total. The molecule has 0 bridgehead atoms. The molecule has 0 saturated heterocycles. The predicted molar refractivity (Wildman–Crippen MR) is 162 cm³/mol. The first-order chi connectivity index (χ1) is 16.0. The van der Waals surface area contributed by atoms with Crippen molar-refractivity contribution >= 4 is 120 Å². The van der Waals surface area contributed by atoms with Gasteiger partial charge in [-0.3, -0.25) is 19.3 Å². The zero-order valence-electron chi connectivity index (χ0n) is 18.4. The van der Waals surface area contributed by atoms with E-state index < -0.39 is 36.3 Å². The molecule has 1 aliphatic rings. The van der Waals surface area contributed by atoms with Crippen molar-refractivity contribution in [1.82, 2.24) is 4.90 Å². The van der Waals surface area contributed by atoms with Crippen LogP contribution in [0.1, 0.15) is 46.5 Å². The second-order valence-corrected chi connectivity index (χ2v) is 12.4. The molecule has 34 heavy (non-hydrogen) atoms. The van der Waals surface area contributed by atoms with Crippen LogP contribution in [0.5, 0.6) is 0 Å². The Labute approximate surface area is 252 Å². The maximum Gasteiger partial charge on any atom is 0.329 e. The van der Waals surface area contributed by atoms with Crippen LogP contribution in [-0.2, 0) is 14.3 Å². The molecule has 3 amide bonds. The van der Waals surface area contributed by atoms with E-state index in [-0.39, 0.29) is 12.3 Å². The molecule has 0 saturated carbocycles. The number of hydrogen-bond donors (Lipinski definition) is 1. The number of nitrogens with one attached hydrogen (secondary N) is 1. The highest BCUT2D eigenvalue weighted by atomic mass is 127. The summed E-state index contributed by atoms with van der Waals surface area (Å²) in [5.41, 5.74) is 2.13. The van der Waals surface area contributed by atoms with Gasteiger partial charge in [-0.25, -0.2) is 4.79 Å². The van der Waals surface area contributed by atoms with Crippen LogP contribution >= 0.6 is 90.4 Å². The quantitative estimate of drug-likeness (QED) is 0.129. The lowest BCUT2D eigenvalue weighted by Gasteiger charge is -2.26. The number of carbonyl (C=O) groups is 4. The van der Waals surface area contributed by atoms with E-state index >= 15 is 0 Å². The van der Waals surface area contributed by atoms with Gasteiger partial charge in [-0.1, -0.05) is 32.0 Å². The fourth-order valence-corrected chi connectivity index (χ4v) is 7.19. The smallest absolute Gasteiger partial charge is 0.329 e. The summed E-state index contributed by atoms with van der Waals surface area (Å²) < 4.78 is 8.45. The normalized spacial score (nSPS) is 13.8. The fourth-order valence-electron chi connectivity index (χ4n) is 3.54. The number of imide groups is 1. The average molecular weight is 912 g/mol. The summed E-state index contributed by atoms with van der Waals surface area (Å²) >= 11 is 8.45. The standard InChI is InChI=1S/C23H20I4N2O5/c1-10(2)8-13(23(33)34-9-14(30)28-12-7-5-4-6-11(12)3)29-21(31)15-16(22(29)32)18(25)20(27)19(26)17(15)24/h4-7,10,13H,8-9H2,1-3H3,(H,28,30)/t13-/m0/s1. The number of para-hydroxylation sites is 1. The number of halogens is 4. The molecule has 3 rings (SSSR count). The third-order valence-electron chi connectivity index (χ3n) is 5.18. The first kappa shape index (κ1) is 28.0. The van der Waals surface area contributed by atoms with Crippen molar-refractivity contribution < 1.29 is 23.9 Å². The molecule has 2 aromatic rings. The summed E-state index contributed by atoms with van der Waals surface area (Å²) in [4.78, 5) is 53.2. The van der Waals surface area contributed by atoms with E-state index in [2.05, 4.69) is 95.7 Å². The van der Waals surface area contributed by atoms with Gasteiger partial charge in [0.15, 0.2) is 6.61 Å². The maximum atomic E-state index is 13.4. The topological polar surface area (TPSA) is 92.8 Å².